The van der Waals surface area contributed by atoms with Gasteiger partial charge in [-0.2, -0.15) is 0 Å². The fourth-order valence-electron chi connectivity index (χ4n) is 5.56. The largest absolute Gasteiger partial charge is 0.384 e. The number of methoxy groups -OCH3 is 1. The lowest BCUT2D eigenvalue weighted by Crippen LogP contribution is -2.32. The second-order valence-corrected chi connectivity index (χ2v) is 6.21. The normalized spacial score (nSPS) is 59.1. The van der Waals surface area contributed by atoms with Crippen LogP contribution in [0.5, 0.6) is 0 Å². The zero-order chi connectivity index (χ0) is 9.99. The zero-order valence-electron chi connectivity index (χ0n) is 9.43. The molecule has 1 nitrogen and oxygen atoms in total. The molecule has 4 bridgehead atoms. The summed E-state index contributed by atoms with van der Waals surface area (Å²) in [5.41, 5.74) is 0. The van der Waals surface area contributed by atoms with Crippen LogP contribution in [0.4, 0.5) is 0 Å². The third kappa shape index (κ3) is 0.982. The molecule has 7 atom stereocenters. The lowest BCUT2D eigenvalue weighted by molar-refractivity contribution is 0.0735. The number of ether oxygens (including phenoxy) is 1. The van der Waals surface area contributed by atoms with Gasteiger partial charge in [-0.25, -0.2) is 0 Å². The molecular formula is C14H20O. The van der Waals surface area contributed by atoms with Crippen molar-refractivity contribution in [1.82, 2.24) is 0 Å². The van der Waals surface area contributed by atoms with Crippen LogP contribution in [0.2, 0.25) is 0 Å². The summed E-state index contributed by atoms with van der Waals surface area (Å²) in [6.07, 6.45) is 9.53. The average Bonchev–Trinajstić information content (AvgIpc) is 2.95. The molecule has 15 heavy (non-hydrogen) atoms. The Labute approximate surface area is 91.9 Å². The first-order valence-corrected chi connectivity index (χ1v) is 6.55. The van der Waals surface area contributed by atoms with Crippen molar-refractivity contribution >= 4 is 0 Å². The highest BCUT2D eigenvalue weighted by Gasteiger charge is 2.60. The minimum Gasteiger partial charge on any atom is -0.384 e. The van der Waals surface area contributed by atoms with Gasteiger partial charge in [-0.3, -0.25) is 0 Å². The molecule has 7 unspecified atom stereocenters. The zero-order valence-corrected chi connectivity index (χ0v) is 9.43. The summed E-state index contributed by atoms with van der Waals surface area (Å²) < 4.78 is 5.39. The van der Waals surface area contributed by atoms with E-state index in [4.69, 9.17) is 4.74 Å². The molecule has 0 aliphatic heterocycles. The first-order valence-electron chi connectivity index (χ1n) is 6.55. The van der Waals surface area contributed by atoms with Crippen LogP contribution in [-0.2, 0) is 4.74 Å². The fraction of sp³-hybridized carbons (Fsp3) is 0.857. The van der Waals surface area contributed by atoms with Crippen LogP contribution in [0.25, 0.3) is 0 Å². The monoisotopic (exact) mass is 204 g/mol. The molecule has 3 saturated carbocycles. The van der Waals surface area contributed by atoms with Crippen molar-refractivity contribution in [3.8, 4) is 0 Å². The second kappa shape index (κ2) is 2.88. The van der Waals surface area contributed by atoms with Gasteiger partial charge in [-0.15, -0.1) is 0 Å². The van der Waals surface area contributed by atoms with E-state index in [9.17, 15) is 0 Å². The summed E-state index contributed by atoms with van der Waals surface area (Å²) in [5.74, 6) is 7.03. The second-order valence-electron chi connectivity index (χ2n) is 6.21. The first kappa shape index (κ1) is 8.81. The third-order valence-corrected chi connectivity index (χ3v) is 5.79. The van der Waals surface area contributed by atoms with E-state index >= 15 is 0 Å². The summed E-state index contributed by atoms with van der Waals surface area (Å²) in [6, 6.07) is 0. The van der Waals surface area contributed by atoms with E-state index in [-0.39, 0.29) is 0 Å². The quantitative estimate of drug-likeness (QED) is 0.496. The van der Waals surface area contributed by atoms with Gasteiger partial charge in [0.25, 0.3) is 0 Å². The predicted molar refractivity (Wildman–Crippen MR) is 59.3 cm³/mol. The third-order valence-electron chi connectivity index (χ3n) is 5.79. The van der Waals surface area contributed by atoms with Crippen molar-refractivity contribution in [2.24, 2.45) is 41.4 Å². The Kier molecular flexibility index (Phi) is 1.69. The van der Waals surface area contributed by atoms with Crippen molar-refractivity contribution in [3.63, 3.8) is 0 Å². The molecule has 4 rings (SSSR count). The van der Waals surface area contributed by atoms with Gasteiger partial charge in [0.2, 0.25) is 0 Å². The van der Waals surface area contributed by atoms with Crippen LogP contribution in [0.15, 0.2) is 12.2 Å². The molecule has 1 heteroatoms. The summed E-state index contributed by atoms with van der Waals surface area (Å²) >= 11 is 0. The minimum atomic E-state index is 0.897. The summed E-state index contributed by atoms with van der Waals surface area (Å²) in [6.45, 7) is 1.02. The Morgan fingerprint density at radius 3 is 2.67 bits per heavy atom. The number of allylic oxidation sites excluding steroid dienone is 2. The molecule has 3 fully saturated rings. The topological polar surface area (TPSA) is 9.23 Å². The summed E-state index contributed by atoms with van der Waals surface area (Å²) in [5, 5.41) is 0. The van der Waals surface area contributed by atoms with Crippen molar-refractivity contribution in [2.75, 3.05) is 13.7 Å². The highest BCUT2D eigenvalue weighted by atomic mass is 16.5. The highest BCUT2D eigenvalue weighted by molar-refractivity contribution is 5.20. The molecule has 0 amide bonds. The van der Waals surface area contributed by atoms with Crippen molar-refractivity contribution in [2.45, 2.75) is 19.3 Å². The molecule has 0 aromatic rings. The SMILES string of the molecule is COCC1CC2CC1C1C3C=CC(C3)C21. The van der Waals surface area contributed by atoms with E-state index in [1.54, 1.807) is 0 Å². The Morgan fingerprint density at radius 1 is 1.07 bits per heavy atom. The van der Waals surface area contributed by atoms with E-state index in [1.807, 2.05) is 7.11 Å². The van der Waals surface area contributed by atoms with E-state index in [2.05, 4.69) is 12.2 Å². The molecule has 4 aliphatic carbocycles. The molecular weight excluding hydrogens is 184 g/mol. The molecule has 0 N–H and O–H groups in total. The molecule has 0 radical (unpaired) electrons. The van der Waals surface area contributed by atoms with Crippen LogP contribution >= 0.6 is 0 Å². The van der Waals surface area contributed by atoms with E-state index in [1.165, 1.54) is 19.3 Å². The molecule has 0 spiro atoms. The van der Waals surface area contributed by atoms with Gasteiger partial charge >= 0.3 is 0 Å². The van der Waals surface area contributed by atoms with Crippen LogP contribution < -0.4 is 0 Å². The Balaban J connectivity index is 1.63. The van der Waals surface area contributed by atoms with E-state index in [0.29, 0.717) is 0 Å². The maximum Gasteiger partial charge on any atom is 0.0493 e. The van der Waals surface area contributed by atoms with Gasteiger partial charge in [0.05, 0.1) is 0 Å². The van der Waals surface area contributed by atoms with Gasteiger partial charge in [-0.1, -0.05) is 12.2 Å². The van der Waals surface area contributed by atoms with Gasteiger partial charge in [0.15, 0.2) is 0 Å². The molecule has 4 aliphatic rings. The first-order chi connectivity index (χ1) is 7.38. The lowest BCUT2D eigenvalue weighted by atomic mass is 9.69. The smallest absolute Gasteiger partial charge is 0.0493 e. The van der Waals surface area contributed by atoms with Crippen LogP contribution in [-0.4, -0.2) is 13.7 Å². The Morgan fingerprint density at radius 2 is 1.87 bits per heavy atom. The number of hydrogen-bond acceptors (Lipinski definition) is 1. The van der Waals surface area contributed by atoms with Crippen molar-refractivity contribution in [1.29, 1.82) is 0 Å². The van der Waals surface area contributed by atoms with Crippen molar-refractivity contribution < 1.29 is 4.74 Å². The van der Waals surface area contributed by atoms with Gasteiger partial charge in [0.1, 0.15) is 0 Å². The summed E-state index contributed by atoms with van der Waals surface area (Å²) in [4.78, 5) is 0. The molecule has 0 aromatic carbocycles. The van der Waals surface area contributed by atoms with Crippen LogP contribution in [0.1, 0.15) is 19.3 Å². The van der Waals surface area contributed by atoms with Gasteiger partial charge in [0, 0.05) is 13.7 Å². The van der Waals surface area contributed by atoms with E-state index < -0.39 is 0 Å². The lowest BCUT2D eigenvalue weighted by Gasteiger charge is -2.36. The maximum absolute atomic E-state index is 5.39. The van der Waals surface area contributed by atoms with Crippen LogP contribution in [0, 0.1) is 41.4 Å². The predicted octanol–water partition coefficient (Wildman–Crippen LogP) is 2.73. The van der Waals surface area contributed by atoms with Crippen LogP contribution in [0.3, 0.4) is 0 Å². The number of rotatable bonds is 2. The van der Waals surface area contributed by atoms with Gasteiger partial charge < -0.3 is 4.74 Å². The Hall–Kier alpha value is -0.300. The minimum absolute atomic E-state index is 0.897. The fourth-order valence-corrected chi connectivity index (χ4v) is 5.56. The van der Waals surface area contributed by atoms with E-state index in [0.717, 1.165) is 48.0 Å². The molecule has 0 saturated heterocycles. The standard InChI is InChI=1S/C14H20O/c1-15-7-11-5-10-6-12(11)14-9-3-2-8(4-9)13(10)14/h2-3,8-14H,4-7H2,1H3. The van der Waals surface area contributed by atoms with Gasteiger partial charge in [-0.05, 0) is 60.7 Å². The molecule has 0 aromatic heterocycles. The van der Waals surface area contributed by atoms with Crippen molar-refractivity contribution in [3.05, 3.63) is 12.2 Å². The molecule has 0 heterocycles. The Bertz CT molecular complexity index is 308. The number of hydrogen-bond donors (Lipinski definition) is 0. The number of fused-ring (bicyclic) bond motifs is 9. The maximum atomic E-state index is 5.39. The molecule has 82 valence electrons. The highest BCUT2D eigenvalue weighted by Crippen LogP contribution is 2.66. The summed E-state index contributed by atoms with van der Waals surface area (Å²) in [7, 11) is 1.87. The average molecular weight is 204 g/mol.